The highest BCUT2D eigenvalue weighted by Crippen LogP contribution is 2.54. The topological polar surface area (TPSA) is 38.3 Å². The molecule has 1 atom stereocenters. The highest BCUT2D eigenvalue weighted by Gasteiger charge is 2.41. The number of anilines is 2. The summed E-state index contributed by atoms with van der Waals surface area (Å²) in [6.07, 6.45) is 5.58. The summed E-state index contributed by atoms with van der Waals surface area (Å²) in [6.45, 7) is 19.3. The van der Waals surface area contributed by atoms with Gasteiger partial charge in [-0.25, -0.2) is 0 Å². The van der Waals surface area contributed by atoms with Gasteiger partial charge in [0.15, 0.2) is 12.9 Å². The fourth-order valence-electron chi connectivity index (χ4n) is 15.0. The lowest BCUT2D eigenvalue weighted by Crippen LogP contribution is -2.42. The zero-order chi connectivity index (χ0) is 50.7. The van der Waals surface area contributed by atoms with Gasteiger partial charge in [0.2, 0.25) is 0 Å². The zero-order valence-corrected chi connectivity index (χ0v) is 45.1. The van der Waals surface area contributed by atoms with Crippen LogP contribution in [0, 0.1) is 0 Å². The molecule has 5 heteroatoms. The van der Waals surface area contributed by atoms with E-state index in [0.717, 1.165) is 83.0 Å². The Morgan fingerprint density at radius 3 is 1.81 bits per heavy atom. The molecule has 16 rings (SSSR count). The molecule has 4 aliphatic rings. The van der Waals surface area contributed by atoms with Gasteiger partial charge < -0.3 is 14.2 Å². The number of thiophene rings is 1. The van der Waals surface area contributed by atoms with Crippen molar-refractivity contribution < 1.29 is 8.83 Å². The third-order valence-electron chi connectivity index (χ3n) is 19.4. The summed E-state index contributed by atoms with van der Waals surface area (Å²) in [4.78, 5) is 0. The SMILES string of the molecule is CC1(C)CCC(C)(C)c2cc3c(cc21)oc1c(Nc2ccc4c(oc5cc6c(cc54)C(C)(C)CCC6(C)C)c2-c2cc4c(sc5ccccc54)c4c2Bc2cccc5c2C4Cc2c-5ccc4ccccc24)cccc13. The second-order valence-corrected chi connectivity index (χ2v) is 26.7. The minimum absolute atomic E-state index is 0.0455. The maximum absolute atomic E-state index is 7.53. The Hall–Kier alpha value is -7.08. The number of nitrogens with one attached hydrogen (secondary N) is 1. The molecular formula is C70H60BNO2S. The van der Waals surface area contributed by atoms with E-state index < -0.39 is 0 Å². The predicted molar refractivity (Wildman–Crippen MR) is 321 cm³/mol. The van der Waals surface area contributed by atoms with Gasteiger partial charge in [-0.05, 0) is 175 Å². The molecule has 9 aromatic carbocycles. The molecule has 0 spiro atoms. The van der Waals surface area contributed by atoms with Crippen LogP contribution < -0.4 is 16.2 Å². The molecule has 0 saturated heterocycles. The standard InChI is InChI=1S/C70H60BNO2S/c1-67(2)27-29-69(5,6)52-35-57-45(33-50(52)67)42-19-14-21-56(64(42)73-57)72-55-26-25-43-46-34-51-53(70(7,8)30-28-68(51,3)4)36-58(46)74-65(43)61(55)49-32-47-40-17-11-12-22-59(40)75-66(47)62-48-31-44-38-16-10-9-15-37(38)23-24-39(44)41-18-13-20-54(60(41)48)71-63(49)62/h9-26,32-36,48,71-72H,27-31H2,1-8H3. The fourth-order valence-corrected chi connectivity index (χ4v) is 16.4. The molecule has 1 N–H and O–H groups in total. The molecule has 0 amide bonds. The lowest BCUT2D eigenvalue weighted by atomic mass is 9.50. The van der Waals surface area contributed by atoms with Gasteiger partial charge in [-0.2, -0.15) is 0 Å². The van der Waals surface area contributed by atoms with Gasteiger partial charge in [0.25, 0.3) is 0 Å². The first kappa shape index (κ1) is 44.2. The van der Waals surface area contributed by atoms with Crippen LogP contribution in [0.4, 0.5) is 11.4 Å². The Balaban J connectivity index is 0.989. The van der Waals surface area contributed by atoms with Gasteiger partial charge in [-0.3, -0.25) is 0 Å². The lowest BCUT2D eigenvalue weighted by Gasteiger charge is -2.41. The fraction of sp³-hybridized carbons (Fsp3) is 0.257. The van der Waals surface area contributed by atoms with Crippen molar-refractivity contribution >= 4 is 116 Å². The summed E-state index contributed by atoms with van der Waals surface area (Å²) in [5, 5.41) is 14.1. The number of fused-ring (bicyclic) bond motifs is 18. The first-order valence-corrected chi connectivity index (χ1v) is 28.4. The van der Waals surface area contributed by atoms with E-state index in [4.69, 9.17) is 8.83 Å². The Morgan fingerprint density at radius 2 is 1.09 bits per heavy atom. The molecule has 0 saturated carbocycles. The van der Waals surface area contributed by atoms with Crippen molar-refractivity contribution in [2.75, 3.05) is 5.32 Å². The van der Waals surface area contributed by atoms with Crippen LogP contribution in [0.5, 0.6) is 0 Å². The van der Waals surface area contributed by atoms with Crippen molar-refractivity contribution in [3.05, 3.63) is 178 Å². The number of furan rings is 2. The Labute approximate surface area is 443 Å². The van der Waals surface area contributed by atoms with E-state index >= 15 is 0 Å². The Morgan fingerprint density at radius 1 is 0.480 bits per heavy atom. The third-order valence-corrected chi connectivity index (χ3v) is 20.7. The van der Waals surface area contributed by atoms with Crippen molar-refractivity contribution in [3.63, 3.8) is 0 Å². The largest absolute Gasteiger partial charge is 0.455 e. The first-order valence-electron chi connectivity index (χ1n) is 27.5. The van der Waals surface area contributed by atoms with Crippen LogP contribution in [0.3, 0.4) is 0 Å². The molecule has 3 nitrogen and oxygen atoms in total. The average molecular weight is 990 g/mol. The van der Waals surface area contributed by atoms with Gasteiger partial charge in [0.05, 0.1) is 11.4 Å². The minimum Gasteiger partial charge on any atom is -0.455 e. The van der Waals surface area contributed by atoms with Crippen LogP contribution in [-0.2, 0) is 28.1 Å². The second kappa shape index (κ2) is 14.9. The van der Waals surface area contributed by atoms with Gasteiger partial charge >= 0.3 is 0 Å². The van der Waals surface area contributed by atoms with Crippen molar-refractivity contribution in [2.24, 2.45) is 0 Å². The van der Waals surface area contributed by atoms with Crippen LogP contribution in [0.2, 0.25) is 0 Å². The molecule has 1 aliphatic heterocycles. The highest BCUT2D eigenvalue weighted by atomic mass is 32.1. The van der Waals surface area contributed by atoms with Crippen LogP contribution in [-0.4, -0.2) is 7.28 Å². The van der Waals surface area contributed by atoms with Gasteiger partial charge in [-0.1, -0.05) is 151 Å². The molecule has 1 unspecified atom stereocenters. The number of benzene rings is 9. The summed E-state index contributed by atoms with van der Waals surface area (Å²) in [5.41, 5.74) is 24.1. The molecule has 3 aliphatic carbocycles. The van der Waals surface area contributed by atoms with E-state index in [0.29, 0.717) is 0 Å². The number of hydrogen-bond acceptors (Lipinski definition) is 4. The van der Waals surface area contributed by atoms with Crippen LogP contribution in [0.25, 0.3) is 97.1 Å². The normalized spacial score (nSPS) is 18.5. The van der Waals surface area contributed by atoms with E-state index in [1.807, 2.05) is 11.3 Å². The quantitative estimate of drug-likeness (QED) is 0.179. The summed E-state index contributed by atoms with van der Waals surface area (Å²) < 4.78 is 17.4. The maximum Gasteiger partial charge on any atom is 0.193 e. The first-order chi connectivity index (χ1) is 36.1. The Bertz CT molecular complexity index is 4530. The summed E-state index contributed by atoms with van der Waals surface area (Å²) in [6, 6.07) is 53.5. The van der Waals surface area contributed by atoms with E-state index in [-0.39, 0.29) is 27.6 Å². The molecular weight excluding hydrogens is 930 g/mol. The van der Waals surface area contributed by atoms with Crippen LogP contribution in [0.1, 0.15) is 126 Å². The molecule has 366 valence electrons. The molecule has 3 aromatic heterocycles. The molecule has 4 heterocycles. The van der Waals surface area contributed by atoms with Crippen molar-refractivity contribution in [1.82, 2.24) is 0 Å². The van der Waals surface area contributed by atoms with Crippen LogP contribution >= 0.6 is 11.3 Å². The van der Waals surface area contributed by atoms with E-state index in [1.54, 1.807) is 0 Å². The number of rotatable bonds is 3. The molecule has 75 heavy (non-hydrogen) atoms. The Kier molecular flexibility index (Phi) is 8.76. The summed E-state index contributed by atoms with van der Waals surface area (Å²) >= 11 is 1.98. The van der Waals surface area contributed by atoms with E-state index in [9.17, 15) is 0 Å². The van der Waals surface area contributed by atoms with E-state index in [1.165, 1.54) is 115 Å². The maximum atomic E-state index is 7.53. The number of para-hydroxylation sites is 1. The van der Waals surface area contributed by atoms with Gasteiger partial charge in [0.1, 0.15) is 16.7 Å². The van der Waals surface area contributed by atoms with Crippen molar-refractivity contribution in [3.8, 4) is 22.3 Å². The van der Waals surface area contributed by atoms with Gasteiger partial charge in [-0.15, -0.1) is 11.3 Å². The zero-order valence-electron chi connectivity index (χ0n) is 44.3. The lowest BCUT2D eigenvalue weighted by molar-refractivity contribution is 0.332. The summed E-state index contributed by atoms with van der Waals surface area (Å²) in [7, 11) is 0.834. The van der Waals surface area contributed by atoms with Crippen molar-refractivity contribution in [1.29, 1.82) is 0 Å². The van der Waals surface area contributed by atoms with Gasteiger partial charge in [0, 0.05) is 53.2 Å². The van der Waals surface area contributed by atoms with Crippen LogP contribution in [0.15, 0.2) is 148 Å². The van der Waals surface area contributed by atoms with Crippen molar-refractivity contribution in [2.45, 2.75) is 115 Å². The molecule has 0 bridgehead atoms. The predicted octanol–water partition coefficient (Wildman–Crippen LogP) is 18.2. The molecule has 12 aromatic rings. The highest BCUT2D eigenvalue weighted by molar-refractivity contribution is 7.26. The van der Waals surface area contributed by atoms with E-state index in [2.05, 4.69) is 200 Å². The minimum atomic E-state index is 0.0455. The second-order valence-electron chi connectivity index (χ2n) is 25.6. The molecule has 0 fully saturated rings. The monoisotopic (exact) mass is 989 g/mol. The smallest absolute Gasteiger partial charge is 0.193 e. The number of hydrogen-bond donors (Lipinski definition) is 1. The third kappa shape index (κ3) is 6.11. The average Bonchev–Trinajstić information content (AvgIpc) is 4.18. The molecule has 0 radical (unpaired) electrons. The summed E-state index contributed by atoms with van der Waals surface area (Å²) in [5.74, 6) is 0.182.